The molecule has 0 heterocycles. The van der Waals surface area contributed by atoms with E-state index in [9.17, 15) is 33.6 Å². The van der Waals surface area contributed by atoms with Gasteiger partial charge in [0.15, 0.2) is 0 Å². The molecule has 1 aliphatic carbocycles. The van der Waals surface area contributed by atoms with Gasteiger partial charge in [-0.3, -0.25) is 24.0 Å². The van der Waals surface area contributed by atoms with Crippen LogP contribution in [0.5, 0.6) is 5.75 Å². The SMILES string of the molecule is CC(C)C[C@H](NC(=O)OCC1c2ccccc2-c2ccccc21)C(=O)Nc1ccccc1CC(=O)Oc1ccc(CCCCCCCC(=O)NCCNC(=O)[C@H](CCC(=O)OC(C)(C)C)NC(=O)OCc2ccccc2)cc1. The van der Waals surface area contributed by atoms with Crippen LogP contribution in [0.3, 0.4) is 0 Å². The fourth-order valence-electron chi connectivity index (χ4n) is 9.12. The minimum atomic E-state index is -1.06. The van der Waals surface area contributed by atoms with Gasteiger partial charge in [0.25, 0.3) is 0 Å². The Bertz CT molecular complexity index is 2750. The van der Waals surface area contributed by atoms with Crippen molar-refractivity contribution >= 4 is 47.5 Å². The van der Waals surface area contributed by atoms with Crippen LogP contribution >= 0.6 is 0 Å². The summed E-state index contributed by atoms with van der Waals surface area (Å²) >= 11 is 0. The van der Waals surface area contributed by atoms with Crippen LogP contribution in [0, 0.1) is 5.92 Å². The topological polar surface area (TPSA) is 217 Å². The standard InChI is InChI=1S/C62H75N5O11/c1-42(2)38-54(67-61(74)76-41-51-49-26-17-15-24-47(49)48-25-16-18-27-50(48)51)59(72)65-52-28-19-14-23-45(52)39-57(70)77-46-32-30-43(31-33-46)20-10-7-6-8-13-29-55(68)63-36-37-64-58(71)53(34-35-56(69)78-62(3,4)5)66-60(73)75-40-44-21-11-9-12-22-44/h9,11-12,14-19,21-28,30-33,42,51,53-54H,6-8,10,13,20,29,34-41H2,1-5H3,(H,63,68)(H,64,71)(H,65,72)(H,66,73)(H,67,74)/t53-,54-/m0/s1. The number of rotatable bonds is 28. The molecule has 0 saturated carbocycles. The summed E-state index contributed by atoms with van der Waals surface area (Å²) in [5.41, 5.74) is 6.62. The molecule has 78 heavy (non-hydrogen) atoms. The predicted molar refractivity (Wildman–Crippen MR) is 298 cm³/mol. The Hall–Kier alpha value is -8.01. The fraction of sp³-hybridized carbons (Fsp3) is 0.403. The molecule has 0 radical (unpaired) electrons. The number of amides is 5. The van der Waals surface area contributed by atoms with Crippen molar-refractivity contribution in [2.45, 2.75) is 135 Å². The summed E-state index contributed by atoms with van der Waals surface area (Å²) in [4.78, 5) is 90.7. The van der Waals surface area contributed by atoms with Crippen LogP contribution in [0.1, 0.15) is 126 Å². The van der Waals surface area contributed by atoms with Gasteiger partial charge >= 0.3 is 24.1 Å². The van der Waals surface area contributed by atoms with Gasteiger partial charge < -0.3 is 45.5 Å². The van der Waals surface area contributed by atoms with Crippen molar-refractivity contribution in [3.63, 3.8) is 0 Å². The molecule has 0 saturated heterocycles. The average molecular weight is 1070 g/mol. The number of hydrogen-bond donors (Lipinski definition) is 5. The summed E-state index contributed by atoms with van der Waals surface area (Å²) in [6, 6.07) is 37.8. The lowest BCUT2D eigenvalue weighted by molar-refractivity contribution is -0.155. The van der Waals surface area contributed by atoms with Gasteiger partial charge in [0, 0.05) is 37.5 Å². The van der Waals surface area contributed by atoms with Crippen LogP contribution in [-0.4, -0.2) is 79.2 Å². The highest BCUT2D eigenvalue weighted by Gasteiger charge is 2.31. The van der Waals surface area contributed by atoms with Gasteiger partial charge in [0.1, 0.15) is 36.6 Å². The van der Waals surface area contributed by atoms with E-state index >= 15 is 0 Å². The number of benzene rings is 5. The van der Waals surface area contributed by atoms with Crippen molar-refractivity contribution in [1.29, 1.82) is 0 Å². The fourth-order valence-corrected chi connectivity index (χ4v) is 9.12. The maximum absolute atomic E-state index is 13.7. The Morgan fingerprint density at radius 3 is 1.87 bits per heavy atom. The van der Waals surface area contributed by atoms with Crippen molar-refractivity contribution in [3.05, 3.63) is 155 Å². The molecular formula is C62H75N5O11. The molecule has 5 N–H and O–H groups in total. The number of nitrogens with one attached hydrogen (secondary N) is 5. The van der Waals surface area contributed by atoms with Crippen LogP contribution in [0.15, 0.2) is 127 Å². The number of carbonyl (C=O) groups is 7. The van der Waals surface area contributed by atoms with Crippen LogP contribution in [-0.2, 0) is 57.6 Å². The van der Waals surface area contributed by atoms with Crippen molar-refractivity contribution in [2.75, 3.05) is 25.0 Å². The number of aryl methyl sites for hydroxylation is 1. The van der Waals surface area contributed by atoms with E-state index in [1.54, 1.807) is 57.2 Å². The number of anilines is 1. The Morgan fingerprint density at radius 1 is 0.577 bits per heavy atom. The largest absolute Gasteiger partial charge is 0.460 e. The highest BCUT2D eigenvalue weighted by molar-refractivity contribution is 5.97. The zero-order chi connectivity index (χ0) is 55.9. The third-order valence-corrected chi connectivity index (χ3v) is 12.9. The third-order valence-electron chi connectivity index (χ3n) is 12.9. The molecule has 0 bridgehead atoms. The summed E-state index contributed by atoms with van der Waals surface area (Å²) in [5, 5.41) is 13.8. The molecule has 0 aromatic heterocycles. The molecule has 0 unspecified atom stereocenters. The number of para-hydroxylation sites is 1. The van der Waals surface area contributed by atoms with Gasteiger partial charge in [-0.2, -0.15) is 0 Å². The maximum Gasteiger partial charge on any atom is 0.408 e. The summed E-state index contributed by atoms with van der Waals surface area (Å²) in [7, 11) is 0. The average Bonchev–Trinajstić information content (AvgIpc) is 3.75. The Labute approximate surface area is 458 Å². The van der Waals surface area contributed by atoms with E-state index < -0.39 is 53.6 Å². The smallest absolute Gasteiger partial charge is 0.408 e. The predicted octanol–water partition coefficient (Wildman–Crippen LogP) is 10.3. The number of carbonyl (C=O) groups excluding carboxylic acids is 7. The molecule has 414 valence electrons. The first kappa shape index (κ1) is 59.2. The normalized spacial score (nSPS) is 12.5. The second kappa shape index (κ2) is 30.1. The first-order valence-electron chi connectivity index (χ1n) is 27.0. The summed E-state index contributed by atoms with van der Waals surface area (Å²) in [6.07, 6.45) is 4.37. The zero-order valence-electron chi connectivity index (χ0n) is 45.5. The van der Waals surface area contributed by atoms with E-state index in [2.05, 4.69) is 38.7 Å². The van der Waals surface area contributed by atoms with Gasteiger partial charge in [-0.15, -0.1) is 0 Å². The molecule has 5 amide bonds. The minimum absolute atomic E-state index is 0.00265. The molecule has 5 aromatic rings. The number of esters is 2. The molecule has 0 aliphatic heterocycles. The van der Waals surface area contributed by atoms with Crippen molar-refractivity contribution in [1.82, 2.24) is 21.3 Å². The molecule has 5 aromatic carbocycles. The van der Waals surface area contributed by atoms with E-state index in [4.69, 9.17) is 18.9 Å². The molecule has 6 rings (SSSR count). The highest BCUT2D eigenvalue weighted by Crippen LogP contribution is 2.44. The monoisotopic (exact) mass is 1070 g/mol. The lowest BCUT2D eigenvalue weighted by atomic mass is 9.98. The van der Waals surface area contributed by atoms with Gasteiger partial charge in [-0.1, -0.05) is 142 Å². The summed E-state index contributed by atoms with van der Waals surface area (Å²) < 4.78 is 22.1. The van der Waals surface area contributed by atoms with Crippen molar-refractivity contribution in [2.24, 2.45) is 5.92 Å². The van der Waals surface area contributed by atoms with E-state index in [-0.39, 0.29) is 63.3 Å². The third kappa shape index (κ3) is 19.8. The second-order valence-electron chi connectivity index (χ2n) is 20.9. The number of ether oxygens (including phenoxy) is 4. The van der Waals surface area contributed by atoms with Gasteiger partial charge in [0.2, 0.25) is 17.7 Å². The number of unbranched alkanes of at least 4 members (excludes halogenated alkanes) is 4. The van der Waals surface area contributed by atoms with Gasteiger partial charge in [0.05, 0.1) is 6.42 Å². The van der Waals surface area contributed by atoms with E-state index in [1.165, 1.54) is 0 Å². The zero-order valence-corrected chi connectivity index (χ0v) is 45.5. The number of alkyl carbamates (subject to hydrolysis) is 2. The number of fused-ring (bicyclic) bond motifs is 3. The number of hydrogen-bond acceptors (Lipinski definition) is 11. The Kier molecular flexibility index (Phi) is 22.8. The molecule has 1 aliphatic rings. The lowest BCUT2D eigenvalue weighted by Crippen LogP contribution is -2.48. The van der Waals surface area contributed by atoms with Gasteiger partial charge in [-0.05, 0) is 116 Å². The summed E-state index contributed by atoms with van der Waals surface area (Å²) in [5.74, 6) is -1.69. The van der Waals surface area contributed by atoms with Crippen LogP contribution in [0.25, 0.3) is 11.1 Å². The summed E-state index contributed by atoms with van der Waals surface area (Å²) in [6.45, 7) is 9.63. The first-order valence-corrected chi connectivity index (χ1v) is 27.0. The molecule has 16 heteroatoms. The molecule has 0 spiro atoms. The first-order chi connectivity index (χ1) is 37.5. The molecular weight excluding hydrogens is 991 g/mol. The second-order valence-corrected chi connectivity index (χ2v) is 20.9. The minimum Gasteiger partial charge on any atom is -0.460 e. The van der Waals surface area contributed by atoms with Crippen LogP contribution in [0.2, 0.25) is 0 Å². The van der Waals surface area contributed by atoms with Crippen LogP contribution < -0.4 is 31.3 Å². The Balaban J connectivity index is 0.846. The van der Waals surface area contributed by atoms with E-state index in [1.807, 2.05) is 92.7 Å². The van der Waals surface area contributed by atoms with Crippen LogP contribution in [0.4, 0.5) is 15.3 Å². The van der Waals surface area contributed by atoms with Crippen molar-refractivity contribution in [3.8, 4) is 16.9 Å². The quantitative estimate of drug-likeness (QED) is 0.0137. The van der Waals surface area contributed by atoms with E-state index in [0.29, 0.717) is 29.8 Å². The maximum atomic E-state index is 13.7. The highest BCUT2D eigenvalue weighted by atomic mass is 16.6. The lowest BCUT2D eigenvalue weighted by Gasteiger charge is -2.22. The van der Waals surface area contributed by atoms with Gasteiger partial charge in [-0.25, -0.2) is 9.59 Å². The Morgan fingerprint density at radius 2 is 1.18 bits per heavy atom. The molecule has 2 atom stereocenters. The van der Waals surface area contributed by atoms with Crippen molar-refractivity contribution < 1.29 is 52.5 Å². The molecule has 16 nitrogen and oxygen atoms in total. The molecule has 0 fully saturated rings. The van der Waals surface area contributed by atoms with E-state index in [0.717, 1.165) is 71.9 Å².